The van der Waals surface area contributed by atoms with Crippen LogP contribution in [0, 0.1) is 17.8 Å². The van der Waals surface area contributed by atoms with E-state index in [4.69, 9.17) is 0 Å². The zero-order valence-corrected chi connectivity index (χ0v) is 14.2. The minimum Gasteiger partial charge on any atom is -0.0664 e. The quantitative estimate of drug-likeness (QED) is 0.585. The largest absolute Gasteiger partial charge is 0.0778 e. The summed E-state index contributed by atoms with van der Waals surface area (Å²) >= 11 is 0. The maximum absolute atomic E-state index is 2.48. The number of hydrogen-bond acceptors (Lipinski definition) is 0. The Morgan fingerprint density at radius 3 is 1.65 bits per heavy atom. The monoisotopic (exact) mass is 250 g/mol. The van der Waals surface area contributed by atoms with E-state index in [-0.39, 0.29) is 0 Å². The highest BCUT2D eigenvalue weighted by atomic mass is 28.3. The van der Waals surface area contributed by atoms with Gasteiger partial charge in [-0.05, 0) is 25.7 Å². The van der Waals surface area contributed by atoms with Gasteiger partial charge in [0.2, 0.25) is 0 Å². The zero-order valence-electron chi connectivity index (χ0n) is 13.2. The van der Waals surface area contributed by atoms with Gasteiger partial charge in [0.1, 0.15) is 0 Å². The predicted octanol–water partition coefficient (Wildman–Crippen LogP) is 5.44. The van der Waals surface area contributed by atoms with Crippen LogP contribution in [0.15, 0.2) is 21.9 Å². The molecule has 0 heterocycles. The standard InChI is InChI=1S/C16H30Si/c1-10(2)14-12(5)16(17(7,8)9)13(6)15(14)11(3)4/h10-11,14H,1-9H3. The van der Waals surface area contributed by atoms with Crippen molar-refractivity contribution in [2.75, 3.05) is 0 Å². The molecule has 0 aromatic carbocycles. The number of allylic oxidation sites excluding steroid dienone is 4. The molecule has 0 N–H and O–H groups in total. The molecule has 0 bridgehead atoms. The summed E-state index contributed by atoms with van der Waals surface area (Å²) in [6.45, 7) is 21.7. The lowest BCUT2D eigenvalue weighted by Gasteiger charge is -2.25. The van der Waals surface area contributed by atoms with E-state index in [0.717, 1.165) is 5.92 Å². The highest BCUT2D eigenvalue weighted by Gasteiger charge is 2.37. The minimum atomic E-state index is -1.20. The van der Waals surface area contributed by atoms with Crippen LogP contribution in [0.2, 0.25) is 19.6 Å². The van der Waals surface area contributed by atoms with Crippen molar-refractivity contribution in [3.8, 4) is 0 Å². The fraction of sp³-hybridized carbons (Fsp3) is 0.750. The van der Waals surface area contributed by atoms with Crippen LogP contribution in [0.5, 0.6) is 0 Å². The second-order valence-electron chi connectivity index (χ2n) is 7.26. The van der Waals surface area contributed by atoms with Gasteiger partial charge in [-0.2, -0.15) is 0 Å². The summed E-state index contributed by atoms with van der Waals surface area (Å²) in [5, 5.41) is 1.75. The van der Waals surface area contributed by atoms with E-state index in [1.165, 1.54) is 0 Å². The van der Waals surface area contributed by atoms with Crippen molar-refractivity contribution in [1.29, 1.82) is 0 Å². The maximum Gasteiger partial charge on any atom is 0.0778 e. The van der Waals surface area contributed by atoms with Gasteiger partial charge >= 0.3 is 0 Å². The minimum absolute atomic E-state index is 0.686. The van der Waals surface area contributed by atoms with Crippen molar-refractivity contribution in [2.24, 2.45) is 17.8 Å². The Balaban J connectivity index is 3.39. The lowest BCUT2D eigenvalue weighted by molar-refractivity contribution is 0.470. The molecule has 0 saturated carbocycles. The molecule has 0 aliphatic heterocycles. The normalized spacial score (nSPS) is 22.4. The Bertz CT molecular complexity index is 361. The Kier molecular flexibility index (Phi) is 4.13. The first-order chi connectivity index (χ1) is 7.59. The van der Waals surface area contributed by atoms with Crippen LogP contribution >= 0.6 is 0 Å². The van der Waals surface area contributed by atoms with Crippen molar-refractivity contribution in [1.82, 2.24) is 0 Å². The molecule has 1 aliphatic rings. The summed E-state index contributed by atoms with van der Waals surface area (Å²) in [6.07, 6.45) is 0. The summed E-state index contributed by atoms with van der Waals surface area (Å²) < 4.78 is 0. The summed E-state index contributed by atoms with van der Waals surface area (Å²) in [7, 11) is -1.20. The van der Waals surface area contributed by atoms with E-state index in [0.29, 0.717) is 11.8 Å². The molecule has 1 rings (SSSR count). The van der Waals surface area contributed by atoms with E-state index in [1.807, 2.05) is 0 Å². The Hall–Kier alpha value is -0.303. The van der Waals surface area contributed by atoms with Crippen LogP contribution in [0.25, 0.3) is 0 Å². The van der Waals surface area contributed by atoms with E-state index >= 15 is 0 Å². The van der Waals surface area contributed by atoms with Gasteiger partial charge < -0.3 is 0 Å². The highest BCUT2D eigenvalue weighted by Crippen LogP contribution is 2.47. The third-order valence-electron chi connectivity index (χ3n) is 4.04. The van der Waals surface area contributed by atoms with Crippen LogP contribution in [0.3, 0.4) is 0 Å². The molecule has 1 aliphatic carbocycles. The number of rotatable bonds is 3. The van der Waals surface area contributed by atoms with E-state index < -0.39 is 8.07 Å². The summed E-state index contributed by atoms with van der Waals surface area (Å²) in [5.41, 5.74) is 5.03. The molecule has 0 aromatic heterocycles. The van der Waals surface area contributed by atoms with Crippen LogP contribution < -0.4 is 0 Å². The summed E-state index contributed by atoms with van der Waals surface area (Å²) in [6, 6.07) is 0. The van der Waals surface area contributed by atoms with Gasteiger partial charge in [0.15, 0.2) is 0 Å². The van der Waals surface area contributed by atoms with Gasteiger partial charge in [0.25, 0.3) is 0 Å². The third-order valence-corrected chi connectivity index (χ3v) is 6.31. The summed E-state index contributed by atoms with van der Waals surface area (Å²) in [4.78, 5) is 0. The SMILES string of the molecule is CC1=C(C(C)C)C(C(C)C)C(C)=C1[Si](C)(C)C. The number of hydrogen-bond donors (Lipinski definition) is 0. The summed E-state index contributed by atoms with van der Waals surface area (Å²) in [5.74, 6) is 2.12. The van der Waals surface area contributed by atoms with Gasteiger partial charge in [-0.15, -0.1) is 0 Å². The molecule has 0 aromatic rings. The second-order valence-corrected chi connectivity index (χ2v) is 12.3. The molecule has 0 saturated heterocycles. The average molecular weight is 251 g/mol. The van der Waals surface area contributed by atoms with Crippen molar-refractivity contribution < 1.29 is 0 Å². The molecule has 0 spiro atoms. The Morgan fingerprint density at radius 2 is 1.41 bits per heavy atom. The van der Waals surface area contributed by atoms with Crippen molar-refractivity contribution in [3.63, 3.8) is 0 Å². The topological polar surface area (TPSA) is 0 Å². The van der Waals surface area contributed by atoms with E-state index in [9.17, 15) is 0 Å². The molecule has 98 valence electrons. The first kappa shape index (κ1) is 14.8. The Labute approximate surface area is 109 Å². The molecular weight excluding hydrogens is 220 g/mol. The molecular formula is C16H30Si. The van der Waals surface area contributed by atoms with Gasteiger partial charge in [-0.1, -0.05) is 69.3 Å². The average Bonchev–Trinajstić information content (AvgIpc) is 2.35. The molecule has 1 unspecified atom stereocenters. The van der Waals surface area contributed by atoms with E-state index in [2.05, 4.69) is 61.2 Å². The van der Waals surface area contributed by atoms with Crippen molar-refractivity contribution >= 4 is 8.07 Å². The molecule has 1 heteroatoms. The van der Waals surface area contributed by atoms with Crippen LogP contribution in [-0.4, -0.2) is 8.07 Å². The second kappa shape index (κ2) is 4.76. The first-order valence-electron chi connectivity index (χ1n) is 7.01. The highest BCUT2D eigenvalue weighted by molar-refractivity contribution is 6.84. The smallest absolute Gasteiger partial charge is 0.0664 e. The molecule has 0 fully saturated rings. The van der Waals surface area contributed by atoms with Crippen LogP contribution in [0.4, 0.5) is 0 Å². The lowest BCUT2D eigenvalue weighted by atomic mass is 9.80. The fourth-order valence-electron chi connectivity index (χ4n) is 3.87. The Morgan fingerprint density at radius 1 is 0.941 bits per heavy atom. The van der Waals surface area contributed by atoms with Gasteiger partial charge in [-0.25, -0.2) is 0 Å². The zero-order chi connectivity index (χ0) is 13.5. The fourth-order valence-corrected chi connectivity index (χ4v) is 6.48. The molecule has 0 amide bonds. The molecule has 0 nitrogen and oxygen atoms in total. The van der Waals surface area contributed by atoms with Crippen molar-refractivity contribution in [3.05, 3.63) is 21.9 Å². The predicted molar refractivity (Wildman–Crippen MR) is 81.9 cm³/mol. The van der Waals surface area contributed by atoms with E-state index in [1.54, 1.807) is 21.9 Å². The maximum atomic E-state index is 2.48. The van der Waals surface area contributed by atoms with Crippen molar-refractivity contribution in [2.45, 2.75) is 61.2 Å². The van der Waals surface area contributed by atoms with Crippen LogP contribution in [-0.2, 0) is 0 Å². The lowest BCUT2D eigenvalue weighted by Crippen LogP contribution is -2.25. The molecule has 17 heavy (non-hydrogen) atoms. The molecule has 0 radical (unpaired) electrons. The molecule has 1 atom stereocenters. The first-order valence-corrected chi connectivity index (χ1v) is 10.5. The van der Waals surface area contributed by atoms with Gasteiger partial charge in [0, 0.05) is 5.92 Å². The van der Waals surface area contributed by atoms with Gasteiger partial charge in [0.05, 0.1) is 8.07 Å². The third kappa shape index (κ3) is 2.59. The van der Waals surface area contributed by atoms with Crippen LogP contribution in [0.1, 0.15) is 41.5 Å². The van der Waals surface area contributed by atoms with Gasteiger partial charge in [-0.3, -0.25) is 0 Å².